The molecular weight excluding hydrogens is 617 g/mol. The summed E-state index contributed by atoms with van der Waals surface area (Å²) in [5.74, 6) is 1.74. The molecule has 0 atom stereocenters. The lowest BCUT2D eigenvalue weighted by Gasteiger charge is -2.13. The van der Waals surface area contributed by atoms with Gasteiger partial charge in [0.2, 0.25) is 0 Å². The van der Waals surface area contributed by atoms with E-state index in [1.807, 2.05) is 84.9 Å². The average molecular weight is 641 g/mol. The molecule has 3 aromatic heterocycles. The Labute approximate surface area is 285 Å². The van der Waals surface area contributed by atoms with E-state index in [0.29, 0.717) is 23.2 Å². The number of para-hydroxylation sites is 1. The summed E-state index contributed by atoms with van der Waals surface area (Å²) >= 11 is 0. The molecule has 232 valence electrons. The second-order valence-electron chi connectivity index (χ2n) is 12.2. The Morgan fingerprint density at radius 3 is 1.72 bits per heavy atom. The molecule has 0 radical (unpaired) electrons. The average Bonchev–Trinajstić information content (AvgIpc) is 3.76. The minimum absolute atomic E-state index is 0.574. The van der Waals surface area contributed by atoms with Gasteiger partial charge in [-0.2, -0.15) is 0 Å². The predicted molar refractivity (Wildman–Crippen MR) is 200 cm³/mol. The van der Waals surface area contributed by atoms with Crippen molar-refractivity contribution in [3.63, 3.8) is 0 Å². The largest absolute Gasteiger partial charge is 0.456 e. The number of rotatable bonds is 4. The zero-order valence-electron chi connectivity index (χ0n) is 26.5. The molecule has 0 fully saturated rings. The van der Waals surface area contributed by atoms with Crippen LogP contribution < -0.4 is 0 Å². The molecule has 0 aliphatic carbocycles. The molecule has 50 heavy (non-hydrogen) atoms. The summed E-state index contributed by atoms with van der Waals surface area (Å²) in [6.07, 6.45) is 0. The first-order valence-electron chi connectivity index (χ1n) is 16.3. The third-order valence-corrected chi connectivity index (χ3v) is 9.37. The first-order chi connectivity index (χ1) is 24.7. The van der Waals surface area contributed by atoms with Crippen LogP contribution in [0.1, 0.15) is 0 Å². The number of nitrogens with zero attached hydrogens (tertiary/aromatic N) is 4. The van der Waals surface area contributed by atoms with Crippen molar-refractivity contribution in [1.82, 2.24) is 15.0 Å². The normalized spacial score (nSPS) is 11.6. The van der Waals surface area contributed by atoms with E-state index in [2.05, 4.69) is 59.4 Å². The fraction of sp³-hybridized carbons (Fsp3) is 0. The van der Waals surface area contributed by atoms with E-state index in [9.17, 15) is 0 Å². The molecule has 10 aromatic rings. The van der Waals surface area contributed by atoms with Gasteiger partial charge in [-0.1, -0.05) is 115 Å². The first-order valence-corrected chi connectivity index (χ1v) is 16.3. The van der Waals surface area contributed by atoms with Gasteiger partial charge in [-0.15, -0.1) is 0 Å². The van der Waals surface area contributed by atoms with Gasteiger partial charge in [-0.3, -0.25) is 0 Å². The van der Waals surface area contributed by atoms with Crippen LogP contribution in [0.15, 0.2) is 154 Å². The van der Waals surface area contributed by atoms with Gasteiger partial charge < -0.3 is 8.83 Å². The lowest BCUT2D eigenvalue weighted by atomic mass is 9.92. The summed E-state index contributed by atoms with van der Waals surface area (Å²) in [5, 5.41) is 5.97. The molecule has 0 spiro atoms. The lowest BCUT2D eigenvalue weighted by molar-refractivity contribution is 0.668. The van der Waals surface area contributed by atoms with Gasteiger partial charge in [0.1, 0.15) is 22.3 Å². The number of benzene rings is 7. The fourth-order valence-electron chi connectivity index (χ4n) is 7.14. The van der Waals surface area contributed by atoms with E-state index >= 15 is 0 Å². The monoisotopic (exact) mass is 640 g/mol. The van der Waals surface area contributed by atoms with Gasteiger partial charge in [0.15, 0.2) is 23.2 Å². The summed E-state index contributed by atoms with van der Waals surface area (Å²) in [5.41, 5.74) is 8.49. The van der Waals surface area contributed by atoms with Crippen LogP contribution in [0.3, 0.4) is 0 Å². The van der Waals surface area contributed by atoms with Gasteiger partial charge in [-0.05, 0) is 52.2 Å². The number of fused-ring (bicyclic) bond motifs is 7. The minimum Gasteiger partial charge on any atom is -0.456 e. The van der Waals surface area contributed by atoms with Crippen LogP contribution in [0, 0.1) is 6.57 Å². The Morgan fingerprint density at radius 1 is 0.400 bits per heavy atom. The second kappa shape index (κ2) is 11.0. The number of hydrogen-bond donors (Lipinski definition) is 0. The van der Waals surface area contributed by atoms with Gasteiger partial charge >= 0.3 is 0 Å². The summed E-state index contributed by atoms with van der Waals surface area (Å²) in [7, 11) is 0. The van der Waals surface area contributed by atoms with Crippen LogP contribution in [0.25, 0.3) is 105 Å². The summed E-state index contributed by atoms with van der Waals surface area (Å²) in [6.45, 7) is 7.59. The molecule has 3 heterocycles. The number of furan rings is 2. The highest BCUT2D eigenvalue weighted by atomic mass is 16.3. The van der Waals surface area contributed by atoms with Crippen molar-refractivity contribution < 1.29 is 8.83 Å². The Kier molecular flexibility index (Phi) is 6.14. The van der Waals surface area contributed by atoms with E-state index in [0.717, 1.165) is 82.5 Å². The van der Waals surface area contributed by atoms with E-state index in [1.54, 1.807) is 6.07 Å². The van der Waals surface area contributed by atoms with Crippen molar-refractivity contribution in [3.05, 3.63) is 157 Å². The van der Waals surface area contributed by atoms with Crippen molar-refractivity contribution in [1.29, 1.82) is 0 Å². The second-order valence-corrected chi connectivity index (χ2v) is 12.2. The van der Waals surface area contributed by atoms with Crippen LogP contribution in [0.5, 0.6) is 0 Å². The molecule has 7 aromatic carbocycles. The highest BCUT2D eigenvalue weighted by Crippen LogP contribution is 2.42. The highest BCUT2D eigenvalue weighted by molar-refractivity contribution is 6.17. The maximum absolute atomic E-state index is 7.59. The third kappa shape index (κ3) is 4.31. The van der Waals surface area contributed by atoms with Crippen molar-refractivity contribution in [2.75, 3.05) is 0 Å². The van der Waals surface area contributed by atoms with E-state index in [1.165, 1.54) is 0 Å². The molecule has 10 rings (SSSR count). The van der Waals surface area contributed by atoms with Crippen LogP contribution in [-0.4, -0.2) is 15.0 Å². The molecule has 0 unspecified atom stereocenters. The van der Waals surface area contributed by atoms with E-state index in [-0.39, 0.29) is 0 Å². The fourth-order valence-corrected chi connectivity index (χ4v) is 7.14. The molecule has 0 aliphatic rings. The number of aromatic nitrogens is 3. The molecular formula is C44H24N4O2. The molecule has 0 bridgehead atoms. The molecule has 0 N–H and O–H groups in total. The quantitative estimate of drug-likeness (QED) is 0.179. The smallest absolute Gasteiger partial charge is 0.188 e. The lowest BCUT2D eigenvalue weighted by Crippen LogP contribution is -2.01. The van der Waals surface area contributed by atoms with Crippen molar-refractivity contribution in [2.45, 2.75) is 0 Å². The minimum atomic E-state index is 0.574. The Morgan fingerprint density at radius 2 is 0.940 bits per heavy atom. The van der Waals surface area contributed by atoms with Crippen LogP contribution in [0.2, 0.25) is 0 Å². The highest BCUT2D eigenvalue weighted by Gasteiger charge is 2.20. The Bertz CT molecular complexity index is 3010. The zero-order chi connectivity index (χ0) is 33.2. The SMILES string of the molecule is [C-]#[N+]c1ccc2oc3cccc(-c4cccc5c(-c6nc(-c7ccccc7)nc(-c7cccc8oc9ccccc9c78)n6)cccc45)c3c2c1. The molecule has 0 amide bonds. The molecule has 0 aliphatic heterocycles. The summed E-state index contributed by atoms with van der Waals surface area (Å²) in [4.78, 5) is 19.0. The molecule has 6 heteroatoms. The van der Waals surface area contributed by atoms with E-state index < -0.39 is 0 Å². The Hall–Kier alpha value is -7.10. The molecule has 0 saturated heterocycles. The molecule has 6 nitrogen and oxygen atoms in total. The maximum Gasteiger partial charge on any atom is 0.188 e. The standard InChI is InChI=1S/C44H24N4O2/c1-45-27-23-24-37-35(25-27)40-31(17-9-21-38(40)50-37)29-15-7-16-30-28(29)14-8-18-32(30)43-46-42(26-11-3-2-4-12-26)47-44(48-43)34-19-10-22-39-41(34)33-13-5-6-20-36(33)49-39/h2-25H. The molecule has 0 saturated carbocycles. The van der Waals surface area contributed by atoms with Gasteiger partial charge in [0.25, 0.3) is 0 Å². The summed E-state index contributed by atoms with van der Waals surface area (Å²) in [6, 6.07) is 48.4. The first kappa shape index (κ1) is 28.0. The predicted octanol–water partition coefficient (Wildman–Crippen LogP) is 12.0. The van der Waals surface area contributed by atoms with Crippen molar-refractivity contribution in [2.24, 2.45) is 0 Å². The topological polar surface area (TPSA) is 69.3 Å². The third-order valence-electron chi connectivity index (χ3n) is 9.37. The van der Waals surface area contributed by atoms with E-state index in [4.69, 9.17) is 30.4 Å². The maximum atomic E-state index is 7.59. The van der Waals surface area contributed by atoms with Crippen LogP contribution >= 0.6 is 0 Å². The van der Waals surface area contributed by atoms with Gasteiger partial charge in [0, 0.05) is 38.2 Å². The summed E-state index contributed by atoms with van der Waals surface area (Å²) < 4.78 is 12.5. The zero-order valence-corrected chi connectivity index (χ0v) is 26.5. The van der Waals surface area contributed by atoms with Gasteiger partial charge in [0.05, 0.1) is 6.57 Å². The van der Waals surface area contributed by atoms with Crippen LogP contribution in [-0.2, 0) is 0 Å². The van der Waals surface area contributed by atoms with Gasteiger partial charge in [-0.25, -0.2) is 19.8 Å². The number of hydrogen-bond acceptors (Lipinski definition) is 5. The van der Waals surface area contributed by atoms with Crippen LogP contribution in [0.4, 0.5) is 5.69 Å². The van der Waals surface area contributed by atoms with Crippen molar-refractivity contribution >= 4 is 60.3 Å². The Balaban J connectivity index is 1.22. The van der Waals surface area contributed by atoms with Crippen molar-refractivity contribution in [3.8, 4) is 45.3 Å².